The third-order valence-corrected chi connectivity index (χ3v) is 3.57. The summed E-state index contributed by atoms with van der Waals surface area (Å²) >= 11 is 1.41. The number of hydrogen-bond acceptors (Lipinski definition) is 4. The monoisotopic (exact) mass is 262 g/mol. The lowest BCUT2D eigenvalue weighted by atomic mass is 10.2. The molecule has 0 unspecified atom stereocenters. The van der Waals surface area contributed by atoms with Crippen molar-refractivity contribution in [2.75, 3.05) is 11.1 Å². The number of anilines is 2. The van der Waals surface area contributed by atoms with Gasteiger partial charge in [0.15, 0.2) is 0 Å². The Kier molecular flexibility index (Phi) is 3.53. The number of amides is 1. The molecule has 0 atom stereocenters. The number of rotatable bonds is 3. The van der Waals surface area contributed by atoms with E-state index in [1.54, 1.807) is 6.07 Å². The highest BCUT2D eigenvalue weighted by atomic mass is 32.1. The molecule has 0 aliphatic rings. The van der Waals surface area contributed by atoms with Gasteiger partial charge in [-0.25, -0.2) is 0 Å². The number of nitrogen functional groups attached to an aromatic ring is 1. The summed E-state index contributed by atoms with van der Waals surface area (Å²) in [5, 5.41) is 13.9. The lowest BCUT2D eigenvalue weighted by molar-refractivity contribution is 0.103. The van der Waals surface area contributed by atoms with Crippen LogP contribution < -0.4 is 11.1 Å². The number of carbonyl (C=O) groups is 1. The zero-order valence-electron chi connectivity index (χ0n) is 9.93. The Morgan fingerprint density at radius 1 is 1.44 bits per heavy atom. The fourth-order valence-corrected chi connectivity index (χ4v) is 2.55. The van der Waals surface area contributed by atoms with Crippen LogP contribution in [-0.2, 0) is 6.42 Å². The van der Waals surface area contributed by atoms with Gasteiger partial charge in [0.1, 0.15) is 5.75 Å². The summed E-state index contributed by atoms with van der Waals surface area (Å²) < 4.78 is 0. The topological polar surface area (TPSA) is 75.3 Å². The summed E-state index contributed by atoms with van der Waals surface area (Å²) in [5.74, 6) is -0.0879. The maximum absolute atomic E-state index is 12.1. The Hall–Kier alpha value is -2.01. The number of aromatic hydroxyl groups is 1. The van der Waals surface area contributed by atoms with Crippen molar-refractivity contribution >= 4 is 28.6 Å². The van der Waals surface area contributed by atoms with Crippen molar-refractivity contribution in [1.82, 2.24) is 0 Å². The first kappa shape index (κ1) is 12.4. The number of nitrogens with two attached hydrogens (primary N) is 1. The van der Waals surface area contributed by atoms with E-state index in [9.17, 15) is 9.90 Å². The molecule has 4 N–H and O–H groups in total. The van der Waals surface area contributed by atoms with Crippen LogP contribution in [-0.4, -0.2) is 11.0 Å². The van der Waals surface area contributed by atoms with Crippen molar-refractivity contribution in [2.24, 2.45) is 0 Å². The number of carbonyl (C=O) groups excluding carboxylic acids is 1. The first-order valence-corrected chi connectivity index (χ1v) is 6.46. The second-order valence-electron chi connectivity index (χ2n) is 3.85. The molecule has 4 nitrogen and oxygen atoms in total. The summed E-state index contributed by atoms with van der Waals surface area (Å²) in [6.07, 6.45) is 0.817. The summed E-state index contributed by atoms with van der Waals surface area (Å²) in [6, 6.07) is 6.42. The Bertz CT molecular complexity index is 578. The largest absolute Gasteiger partial charge is 0.508 e. The van der Waals surface area contributed by atoms with E-state index in [1.807, 2.05) is 18.4 Å². The Balaban J connectivity index is 2.21. The molecule has 1 aromatic heterocycles. The summed E-state index contributed by atoms with van der Waals surface area (Å²) in [5.41, 5.74) is 7.60. The molecule has 0 spiro atoms. The van der Waals surface area contributed by atoms with E-state index < -0.39 is 0 Å². The van der Waals surface area contributed by atoms with E-state index in [2.05, 4.69) is 5.32 Å². The number of phenolic OH excluding ortho intramolecular Hbond substituents is 1. The first-order chi connectivity index (χ1) is 8.61. The molecule has 0 saturated heterocycles. The maximum atomic E-state index is 12.1. The molecular formula is C13H14N2O2S. The number of benzene rings is 1. The summed E-state index contributed by atoms with van der Waals surface area (Å²) in [7, 11) is 0. The summed E-state index contributed by atoms with van der Waals surface area (Å²) in [6.45, 7) is 2.01. The minimum atomic E-state index is -0.167. The Morgan fingerprint density at radius 2 is 2.22 bits per heavy atom. The average Bonchev–Trinajstić information content (AvgIpc) is 2.81. The van der Waals surface area contributed by atoms with Crippen molar-refractivity contribution in [3.05, 3.63) is 40.1 Å². The molecule has 0 saturated carbocycles. The van der Waals surface area contributed by atoms with Crippen molar-refractivity contribution < 1.29 is 9.90 Å². The molecular weight excluding hydrogens is 248 g/mol. The number of nitrogens with one attached hydrogen (secondary N) is 1. The molecule has 94 valence electrons. The highest BCUT2D eigenvalue weighted by molar-refractivity contribution is 7.12. The van der Waals surface area contributed by atoms with Gasteiger partial charge in [-0.2, -0.15) is 0 Å². The fraction of sp³-hybridized carbons (Fsp3) is 0.154. The summed E-state index contributed by atoms with van der Waals surface area (Å²) in [4.78, 5) is 12.8. The van der Waals surface area contributed by atoms with Crippen molar-refractivity contribution in [3.63, 3.8) is 0 Å². The van der Waals surface area contributed by atoms with Gasteiger partial charge in [-0.15, -0.1) is 11.3 Å². The van der Waals surface area contributed by atoms with E-state index in [-0.39, 0.29) is 11.7 Å². The van der Waals surface area contributed by atoms with Crippen LogP contribution in [0.2, 0.25) is 0 Å². The minimum absolute atomic E-state index is 0.0795. The third-order valence-electron chi connectivity index (χ3n) is 2.62. The number of hydrogen-bond donors (Lipinski definition) is 3. The predicted octanol–water partition coefficient (Wildman–Crippen LogP) is 2.85. The predicted molar refractivity (Wildman–Crippen MR) is 74.2 cm³/mol. The second-order valence-corrected chi connectivity index (χ2v) is 4.77. The maximum Gasteiger partial charge on any atom is 0.266 e. The van der Waals surface area contributed by atoms with E-state index in [1.165, 1.54) is 23.5 Å². The molecule has 2 aromatic rings. The first-order valence-electron chi connectivity index (χ1n) is 5.58. The third kappa shape index (κ3) is 2.46. The SMILES string of the molecule is CCc1ccsc1C(=O)Nc1ccc(O)cc1N. The Morgan fingerprint density at radius 3 is 2.89 bits per heavy atom. The fourth-order valence-electron chi connectivity index (χ4n) is 1.66. The van der Waals surface area contributed by atoms with Gasteiger partial charge in [0.2, 0.25) is 0 Å². The zero-order chi connectivity index (χ0) is 13.1. The van der Waals surface area contributed by atoms with Gasteiger partial charge in [-0.05, 0) is 35.6 Å². The molecule has 1 amide bonds. The molecule has 2 rings (SSSR count). The second kappa shape index (κ2) is 5.10. The highest BCUT2D eigenvalue weighted by Gasteiger charge is 2.13. The van der Waals surface area contributed by atoms with Crippen LogP contribution in [0.25, 0.3) is 0 Å². The van der Waals surface area contributed by atoms with Gasteiger partial charge in [0.05, 0.1) is 16.3 Å². The lowest BCUT2D eigenvalue weighted by Crippen LogP contribution is -2.13. The molecule has 1 heterocycles. The van der Waals surface area contributed by atoms with Crippen molar-refractivity contribution in [2.45, 2.75) is 13.3 Å². The van der Waals surface area contributed by atoms with E-state index in [4.69, 9.17) is 5.73 Å². The lowest BCUT2D eigenvalue weighted by Gasteiger charge is -2.08. The molecule has 5 heteroatoms. The molecule has 0 bridgehead atoms. The highest BCUT2D eigenvalue weighted by Crippen LogP contribution is 2.25. The standard InChI is InChI=1S/C13H14N2O2S/c1-2-8-5-6-18-12(8)13(17)15-11-4-3-9(16)7-10(11)14/h3-7,16H,2,14H2,1H3,(H,15,17). The van der Waals surface area contributed by atoms with Crippen LogP contribution >= 0.6 is 11.3 Å². The number of phenols is 1. The zero-order valence-corrected chi connectivity index (χ0v) is 10.8. The van der Waals surface area contributed by atoms with Crippen LogP contribution in [0.1, 0.15) is 22.2 Å². The van der Waals surface area contributed by atoms with E-state index in [0.29, 0.717) is 16.3 Å². The normalized spacial score (nSPS) is 10.3. The van der Waals surface area contributed by atoms with Gasteiger partial charge in [-0.1, -0.05) is 6.92 Å². The minimum Gasteiger partial charge on any atom is -0.508 e. The molecule has 18 heavy (non-hydrogen) atoms. The molecule has 0 fully saturated rings. The molecule has 0 radical (unpaired) electrons. The van der Waals surface area contributed by atoms with Gasteiger partial charge < -0.3 is 16.2 Å². The van der Waals surface area contributed by atoms with Crippen LogP contribution in [0.5, 0.6) is 5.75 Å². The quantitative estimate of drug-likeness (QED) is 0.588. The van der Waals surface area contributed by atoms with Gasteiger partial charge in [0.25, 0.3) is 5.91 Å². The van der Waals surface area contributed by atoms with Crippen molar-refractivity contribution in [1.29, 1.82) is 0 Å². The van der Waals surface area contributed by atoms with E-state index >= 15 is 0 Å². The van der Waals surface area contributed by atoms with Crippen molar-refractivity contribution in [3.8, 4) is 5.75 Å². The van der Waals surface area contributed by atoms with Gasteiger partial charge in [0, 0.05) is 6.07 Å². The Labute approximate surface area is 109 Å². The van der Waals surface area contributed by atoms with Crippen LogP contribution in [0.3, 0.4) is 0 Å². The number of thiophene rings is 1. The molecule has 0 aliphatic heterocycles. The van der Waals surface area contributed by atoms with Gasteiger partial charge in [-0.3, -0.25) is 4.79 Å². The average molecular weight is 262 g/mol. The van der Waals surface area contributed by atoms with Crippen LogP contribution in [0.15, 0.2) is 29.6 Å². The smallest absolute Gasteiger partial charge is 0.266 e. The van der Waals surface area contributed by atoms with Gasteiger partial charge >= 0.3 is 0 Å². The molecule has 0 aliphatic carbocycles. The number of aryl methyl sites for hydroxylation is 1. The van der Waals surface area contributed by atoms with E-state index in [0.717, 1.165) is 12.0 Å². The molecule has 1 aromatic carbocycles. The van der Waals surface area contributed by atoms with Crippen LogP contribution in [0.4, 0.5) is 11.4 Å². The van der Waals surface area contributed by atoms with Crippen LogP contribution in [0, 0.1) is 0 Å².